The summed E-state index contributed by atoms with van der Waals surface area (Å²) in [4.78, 5) is 13.3. The second kappa shape index (κ2) is 10.0. The largest absolute Gasteiger partial charge is 0.497 e. The Labute approximate surface area is 219 Å². The van der Waals surface area contributed by atoms with Gasteiger partial charge in [0.25, 0.3) is 15.9 Å². The second-order valence-electron chi connectivity index (χ2n) is 8.56. The molecule has 0 aliphatic carbocycles. The van der Waals surface area contributed by atoms with Crippen molar-refractivity contribution in [1.82, 2.24) is 5.32 Å². The van der Waals surface area contributed by atoms with Crippen molar-refractivity contribution in [2.75, 3.05) is 31.2 Å². The summed E-state index contributed by atoms with van der Waals surface area (Å²) < 4.78 is 50.7. The molecule has 0 aromatic heterocycles. The minimum atomic E-state index is -4.05. The fourth-order valence-electron chi connectivity index (χ4n) is 4.18. The number of carbonyl (C=O) groups excluding carboxylic acids is 1. The van der Waals surface area contributed by atoms with Gasteiger partial charge in [0, 0.05) is 5.02 Å². The van der Waals surface area contributed by atoms with Crippen molar-refractivity contribution in [3.05, 3.63) is 71.2 Å². The first-order valence-electron chi connectivity index (χ1n) is 11.6. The zero-order valence-corrected chi connectivity index (χ0v) is 21.7. The Kier molecular flexibility index (Phi) is 6.78. The highest BCUT2D eigenvalue weighted by Crippen LogP contribution is 2.39. The van der Waals surface area contributed by atoms with Crippen molar-refractivity contribution in [3.8, 4) is 23.0 Å². The van der Waals surface area contributed by atoms with Crippen LogP contribution >= 0.6 is 11.6 Å². The standard InChI is InChI=1S/C26H25ClN2O7S/c1-16(17-3-9-23-24(13-17)35-12-11-34-23)28-26(30)25-15-29(21-14-18(27)4-10-22(21)36-25)37(31,32)20-7-5-19(33-2)6-8-20/h3-10,13-14,16,25H,11-12,15H2,1-2H3,(H,28,30)/t16-,25+/m1/s1. The van der Waals surface area contributed by atoms with Gasteiger partial charge in [-0.2, -0.15) is 0 Å². The molecule has 2 heterocycles. The van der Waals surface area contributed by atoms with Gasteiger partial charge in [0.1, 0.15) is 24.7 Å². The molecule has 0 spiro atoms. The van der Waals surface area contributed by atoms with Gasteiger partial charge in [-0.15, -0.1) is 0 Å². The number of amides is 1. The van der Waals surface area contributed by atoms with Gasteiger partial charge in [-0.25, -0.2) is 8.42 Å². The number of nitrogens with one attached hydrogen (secondary N) is 1. The molecule has 0 saturated carbocycles. The SMILES string of the molecule is COc1ccc(S(=O)(=O)N2C[C@@H](C(=O)N[C@H](C)c3ccc4c(c3)OCCO4)Oc3ccc(Cl)cc32)cc1. The van der Waals surface area contributed by atoms with Gasteiger partial charge in [-0.05, 0) is 67.1 Å². The Hall–Kier alpha value is -3.63. The van der Waals surface area contributed by atoms with Crippen LogP contribution < -0.4 is 28.6 Å². The molecule has 1 amide bonds. The molecule has 37 heavy (non-hydrogen) atoms. The average Bonchev–Trinajstić information content (AvgIpc) is 2.92. The van der Waals surface area contributed by atoms with Crippen LogP contribution in [0.5, 0.6) is 23.0 Å². The van der Waals surface area contributed by atoms with Crippen molar-refractivity contribution in [3.63, 3.8) is 0 Å². The van der Waals surface area contributed by atoms with Gasteiger partial charge in [0.15, 0.2) is 17.6 Å². The van der Waals surface area contributed by atoms with Crippen molar-refractivity contribution >= 4 is 33.2 Å². The molecule has 0 saturated heterocycles. The number of hydrogen-bond donors (Lipinski definition) is 1. The third-order valence-corrected chi connectivity index (χ3v) is 8.18. The number of rotatable bonds is 6. The lowest BCUT2D eigenvalue weighted by atomic mass is 10.1. The molecule has 0 fully saturated rings. The monoisotopic (exact) mass is 544 g/mol. The minimum absolute atomic E-state index is 0.0462. The summed E-state index contributed by atoms with van der Waals surface area (Å²) in [7, 11) is -2.55. The number of methoxy groups -OCH3 is 1. The fourth-order valence-corrected chi connectivity index (χ4v) is 5.82. The van der Waals surface area contributed by atoms with E-state index in [9.17, 15) is 13.2 Å². The minimum Gasteiger partial charge on any atom is -0.497 e. The van der Waals surface area contributed by atoms with E-state index in [4.69, 9.17) is 30.5 Å². The zero-order valence-electron chi connectivity index (χ0n) is 20.1. The first-order valence-corrected chi connectivity index (χ1v) is 13.4. The van der Waals surface area contributed by atoms with Crippen molar-refractivity contribution in [2.24, 2.45) is 0 Å². The van der Waals surface area contributed by atoms with Crippen LogP contribution in [-0.4, -0.2) is 47.3 Å². The molecular weight excluding hydrogens is 520 g/mol. The maximum absolute atomic E-state index is 13.6. The molecule has 1 N–H and O–H groups in total. The molecule has 2 atom stereocenters. The van der Waals surface area contributed by atoms with E-state index in [2.05, 4.69) is 5.32 Å². The zero-order chi connectivity index (χ0) is 26.2. The summed E-state index contributed by atoms with van der Waals surface area (Å²) >= 11 is 6.17. The highest BCUT2D eigenvalue weighted by atomic mass is 35.5. The molecule has 2 aliphatic heterocycles. The van der Waals surface area contributed by atoms with E-state index in [-0.39, 0.29) is 22.9 Å². The van der Waals surface area contributed by atoms with Crippen LogP contribution in [0.15, 0.2) is 65.6 Å². The Morgan fingerprint density at radius 2 is 1.73 bits per heavy atom. The van der Waals surface area contributed by atoms with Crippen molar-refractivity contribution in [2.45, 2.75) is 24.0 Å². The van der Waals surface area contributed by atoms with Gasteiger partial charge in [-0.1, -0.05) is 17.7 Å². The van der Waals surface area contributed by atoms with Crippen LogP contribution in [0.2, 0.25) is 5.02 Å². The molecule has 0 unspecified atom stereocenters. The molecular formula is C26H25ClN2O7S. The summed E-state index contributed by atoms with van der Waals surface area (Å²) in [5, 5.41) is 3.26. The van der Waals surface area contributed by atoms with Gasteiger partial charge in [0.05, 0.1) is 30.3 Å². The average molecular weight is 545 g/mol. The van der Waals surface area contributed by atoms with Crippen molar-refractivity contribution < 1.29 is 32.2 Å². The number of halogens is 1. The van der Waals surface area contributed by atoms with Gasteiger partial charge < -0.3 is 24.3 Å². The second-order valence-corrected chi connectivity index (χ2v) is 10.9. The van der Waals surface area contributed by atoms with Crippen LogP contribution in [0.3, 0.4) is 0 Å². The van der Waals surface area contributed by atoms with Crippen LogP contribution in [0, 0.1) is 0 Å². The molecule has 3 aromatic rings. The number of carbonyl (C=O) groups is 1. The molecule has 9 nitrogen and oxygen atoms in total. The number of benzene rings is 3. The number of nitrogens with zero attached hydrogens (tertiary/aromatic N) is 1. The summed E-state index contributed by atoms with van der Waals surface area (Å²) in [5.74, 6) is 1.56. The predicted octanol–water partition coefficient (Wildman–Crippen LogP) is 3.95. The number of sulfonamides is 1. The number of hydrogen-bond acceptors (Lipinski definition) is 7. The lowest BCUT2D eigenvalue weighted by molar-refractivity contribution is -0.128. The Balaban J connectivity index is 1.40. The lowest BCUT2D eigenvalue weighted by Crippen LogP contribution is -2.51. The smallest absolute Gasteiger partial charge is 0.264 e. The highest BCUT2D eigenvalue weighted by molar-refractivity contribution is 7.92. The Morgan fingerprint density at radius 3 is 2.46 bits per heavy atom. The normalized spacial score (nSPS) is 17.3. The molecule has 0 bridgehead atoms. The fraction of sp³-hybridized carbons (Fsp3) is 0.269. The maximum atomic E-state index is 13.6. The highest BCUT2D eigenvalue weighted by Gasteiger charge is 2.38. The Morgan fingerprint density at radius 1 is 1.03 bits per heavy atom. The molecule has 11 heteroatoms. The molecule has 194 valence electrons. The molecule has 3 aromatic carbocycles. The van der Waals surface area contributed by atoms with E-state index >= 15 is 0 Å². The van der Waals surface area contributed by atoms with Gasteiger partial charge in [0.2, 0.25) is 0 Å². The summed E-state index contributed by atoms with van der Waals surface area (Å²) in [6.45, 7) is 2.53. The number of anilines is 1. The molecule has 2 aliphatic rings. The first-order chi connectivity index (χ1) is 17.8. The predicted molar refractivity (Wildman–Crippen MR) is 137 cm³/mol. The van der Waals surface area contributed by atoms with Gasteiger partial charge >= 0.3 is 0 Å². The maximum Gasteiger partial charge on any atom is 0.264 e. The lowest BCUT2D eigenvalue weighted by Gasteiger charge is -2.35. The van der Waals surface area contributed by atoms with E-state index in [0.29, 0.717) is 35.5 Å². The third-order valence-electron chi connectivity index (χ3n) is 6.16. The quantitative estimate of drug-likeness (QED) is 0.501. The van der Waals surface area contributed by atoms with Gasteiger partial charge in [-0.3, -0.25) is 9.10 Å². The summed E-state index contributed by atoms with van der Waals surface area (Å²) in [6, 6.07) is 15.7. The number of ether oxygens (including phenoxy) is 4. The summed E-state index contributed by atoms with van der Waals surface area (Å²) in [6.07, 6.45) is -1.10. The molecule has 5 rings (SSSR count). The van der Waals surface area contributed by atoms with Crippen LogP contribution in [0.25, 0.3) is 0 Å². The third kappa shape index (κ3) is 4.99. The molecule has 0 radical (unpaired) electrons. The van der Waals surface area contributed by atoms with E-state index in [1.54, 1.807) is 30.3 Å². The van der Waals surface area contributed by atoms with E-state index < -0.39 is 28.1 Å². The summed E-state index contributed by atoms with van der Waals surface area (Å²) in [5.41, 5.74) is 1.07. The topological polar surface area (TPSA) is 103 Å². The van der Waals surface area contributed by atoms with Crippen molar-refractivity contribution in [1.29, 1.82) is 0 Å². The number of fused-ring (bicyclic) bond motifs is 2. The Bertz CT molecular complexity index is 1430. The van der Waals surface area contributed by atoms with Crippen LogP contribution in [0.1, 0.15) is 18.5 Å². The van der Waals surface area contributed by atoms with E-state index in [1.165, 1.54) is 25.3 Å². The van der Waals surface area contributed by atoms with E-state index in [1.807, 2.05) is 19.1 Å². The van der Waals surface area contributed by atoms with Crippen LogP contribution in [-0.2, 0) is 14.8 Å². The van der Waals surface area contributed by atoms with E-state index in [0.717, 1.165) is 9.87 Å². The van der Waals surface area contributed by atoms with Crippen LogP contribution in [0.4, 0.5) is 5.69 Å². The first kappa shape index (κ1) is 25.0.